The van der Waals surface area contributed by atoms with Gasteiger partial charge < -0.3 is 8.98 Å². The van der Waals surface area contributed by atoms with Crippen molar-refractivity contribution >= 4 is 47.1 Å². The molecule has 0 spiro atoms. The number of hydrogen-bond donors (Lipinski definition) is 1. The fourth-order valence-corrected chi connectivity index (χ4v) is 4.01. The van der Waals surface area contributed by atoms with Crippen molar-refractivity contribution < 1.29 is 18.8 Å². The molecule has 1 aromatic carbocycles. The molecule has 1 aliphatic heterocycles. The van der Waals surface area contributed by atoms with E-state index in [0.29, 0.717) is 21.4 Å². The van der Waals surface area contributed by atoms with Crippen LogP contribution in [0.2, 0.25) is 10.0 Å². The average Bonchev–Trinajstić information content (AvgIpc) is 3.31. The Balaban J connectivity index is 1.73. The van der Waals surface area contributed by atoms with Crippen molar-refractivity contribution in [1.82, 2.24) is 14.8 Å². The first-order chi connectivity index (χ1) is 14.8. The highest BCUT2D eigenvalue weighted by Crippen LogP contribution is 2.30. The number of aryl methyl sites for hydroxylation is 1. The summed E-state index contributed by atoms with van der Waals surface area (Å²) in [6.07, 6.45) is 2.92. The molecule has 4 rings (SSSR count). The maximum absolute atomic E-state index is 12.9. The Morgan fingerprint density at radius 3 is 2.55 bits per heavy atom. The summed E-state index contributed by atoms with van der Waals surface area (Å²) in [5, 5.41) is 3.19. The van der Waals surface area contributed by atoms with Crippen LogP contribution in [0.4, 0.5) is 4.79 Å². The molecule has 1 aliphatic rings. The molecule has 0 radical (unpaired) electrons. The van der Waals surface area contributed by atoms with Crippen LogP contribution in [0.25, 0.3) is 11.8 Å². The molecular weight excluding hydrogens is 441 g/mol. The highest BCUT2D eigenvalue weighted by Gasteiger charge is 2.36. The van der Waals surface area contributed by atoms with Gasteiger partial charge in [-0.05, 0) is 61.9 Å². The van der Waals surface area contributed by atoms with Crippen LogP contribution < -0.4 is 5.32 Å². The molecule has 0 aliphatic carbocycles. The number of barbiturate groups is 1. The molecule has 1 saturated heterocycles. The van der Waals surface area contributed by atoms with Gasteiger partial charge in [-0.2, -0.15) is 0 Å². The summed E-state index contributed by atoms with van der Waals surface area (Å²) in [7, 11) is 0. The number of urea groups is 1. The molecule has 158 valence electrons. The number of carbonyl (C=O) groups excluding carboxylic acids is 3. The highest BCUT2D eigenvalue weighted by atomic mass is 35.5. The fraction of sp³-hybridized carbons (Fsp3) is 0.136. The van der Waals surface area contributed by atoms with E-state index in [-0.39, 0.29) is 12.1 Å². The molecule has 9 heteroatoms. The highest BCUT2D eigenvalue weighted by molar-refractivity contribution is 6.35. The number of rotatable bonds is 4. The number of benzene rings is 1. The van der Waals surface area contributed by atoms with Crippen LogP contribution >= 0.6 is 23.2 Å². The maximum atomic E-state index is 12.9. The Morgan fingerprint density at radius 2 is 1.87 bits per heavy atom. The second-order valence-electron chi connectivity index (χ2n) is 7.05. The van der Waals surface area contributed by atoms with Crippen LogP contribution in [0.1, 0.15) is 22.7 Å². The zero-order valence-corrected chi connectivity index (χ0v) is 18.1. The lowest BCUT2D eigenvalue weighted by atomic mass is 10.1. The van der Waals surface area contributed by atoms with Crippen LogP contribution in [-0.4, -0.2) is 27.3 Å². The van der Waals surface area contributed by atoms with Gasteiger partial charge in [-0.25, -0.2) is 4.79 Å². The lowest BCUT2D eigenvalue weighted by Gasteiger charge is -2.25. The van der Waals surface area contributed by atoms with E-state index in [1.165, 1.54) is 12.3 Å². The van der Waals surface area contributed by atoms with E-state index in [2.05, 4.69) is 5.32 Å². The molecule has 0 bridgehead atoms. The number of halogens is 2. The van der Waals surface area contributed by atoms with E-state index in [9.17, 15) is 14.4 Å². The van der Waals surface area contributed by atoms with Gasteiger partial charge in [-0.3, -0.25) is 19.8 Å². The lowest BCUT2D eigenvalue weighted by Crippen LogP contribution is -2.53. The summed E-state index contributed by atoms with van der Waals surface area (Å²) in [5.41, 5.74) is 2.84. The quantitative estimate of drug-likeness (QED) is 0.456. The van der Waals surface area contributed by atoms with Gasteiger partial charge in [0.2, 0.25) is 0 Å². The molecular formula is C22H17Cl2N3O4. The molecule has 2 aromatic heterocycles. The lowest BCUT2D eigenvalue weighted by molar-refractivity contribution is -0.130. The van der Waals surface area contributed by atoms with Gasteiger partial charge >= 0.3 is 6.03 Å². The first-order valence-electron chi connectivity index (χ1n) is 9.32. The molecule has 1 fully saturated rings. The minimum Gasteiger partial charge on any atom is -0.467 e. The Morgan fingerprint density at radius 1 is 1.10 bits per heavy atom. The fourth-order valence-electron chi connectivity index (χ4n) is 3.52. The van der Waals surface area contributed by atoms with Gasteiger partial charge in [0.1, 0.15) is 11.3 Å². The first kappa shape index (κ1) is 21.0. The van der Waals surface area contributed by atoms with Crippen LogP contribution in [0.5, 0.6) is 0 Å². The van der Waals surface area contributed by atoms with Gasteiger partial charge in [0.25, 0.3) is 11.8 Å². The van der Waals surface area contributed by atoms with Crippen LogP contribution in [0.3, 0.4) is 0 Å². The Kier molecular flexibility index (Phi) is 5.47. The van der Waals surface area contributed by atoms with E-state index in [1.54, 1.807) is 30.3 Å². The van der Waals surface area contributed by atoms with Crippen molar-refractivity contribution in [3.05, 3.63) is 81.0 Å². The number of nitrogens with one attached hydrogen (secondary N) is 1. The van der Waals surface area contributed by atoms with Crippen molar-refractivity contribution in [3.63, 3.8) is 0 Å². The monoisotopic (exact) mass is 457 g/mol. The zero-order chi connectivity index (χ0) is 22.3. The molecule has 3 heterocycles. The third-order valence-corrected chi connectivity index (χ3v) is 5.54. The number of hydrogen-bond acceptors (Lipinski definition) is 4. The van der Waals surface area contributed by atoms with Crippen LogP contribution in [0.15, 0.2) is 52.7 Å². The van der Waals surface area contributed by atoms with Gasteiger partial charge in [-0.15, -0.1) is 0 Å². The predicted octanol–water partition coefficient (Wildman–Crippen LogP) is 4.66. The Hall–Kier alpha value is -3.29. The molecule has 0 saturated carbocycles. The average molecular weight is 458 g/mol. The largest absolute Gasteiger partial charge is 0.467 e. The molecule has 4 amide bonds. The van der Waals surface area contributed by atoms with Crippen molar-refractivity contribution in [1.29, 1.82) is 0 Å². The number of imide groups is 2. The third-order valence-electron chi connectivity index (χ3n) is 5.00. The summed E-state index contributed by atoms with van der Waals surface area (Å²) in [6.45, 7) is 3.65. The normalized spacial score (nSPS) is 15.7. The smallest absolute Gasteiger partial charge is 0.331 e. The van der Waals surface area contributed by atoms with Gasteiger partial charge in [0.15, 0.2) is 0 Å². The second kappa shape index (κ2) is 8.09. The summed E-state index contributed by atoms with van der Waals surface area (Å²) < 4.78 is 7.12. The summed E-state index contributed by atoms with van der Waals surface area (Å²) >= 11 is 12.4. The van der Waals surface area contributed by atoms with Crippen LogP contribution in [0, 0.1) is 13.8 Å². The van der Waals surface area contributed by atoms with Crippen molar-refractivity contribution in [3.8, 4) is 5.69 Å². The molecule has 1 N–H and O–H groups in total. The maximum Gasteiger partial charge on any atom is 0.331 e. The van der Waals surface area contributed by atoms with Crippen LogP contribution in [-0.2, 0) is 16.1 Å². The van der Waals surface area contributed by atoms with E-state index in [1.807, 2.05) is 24.5 Å². The SMILES string of the molecule is Cc1cc(/C=C2\C(=O)NC(=O)N(Cc3ccco3)C2=O)c(C)n1-c1ccc(Cl)cc1Cl. The first-order valence-corrected chi connectivity index (χ1v) is 10.1. The Bertz CT molecular complexity index is 1240. The Labute approximate surface area is 187 Å². The van der Waals surface area contributed by atoms with Crippen molar-refractivity contribution in [2.45, 2.75) is 20.4 Å². The number of nitrogens with zero attached hydrogens (tertiary/aromatic N) is 2. The topological polar surface area (TPSA) is 84.6 Å². The number of carbonyl (C=O) groups is 3. The molecule has 0 unspecified atom stereocenters. The molecule has 3 aromatic rings. The van der Waals surface area contributed by atoms with E-state index >= 15 is 0 Å². The van der Waals surface area contributed by atoms with Gasteiger partial charge in [-0.1, -0.05) is 23.2 Å². The number of aromatic nitrogens is 1. The third kappa shape index (κ3) is 3.89. The van der Waals surface area contributed by atoms with Crippen molar-refractivity contribution in [2.24, 2.45) is 0 Å². The standard InChI is InChI=1S/C22H17Cl2N3O4/c1-12-8-14(13(2)27(12)19-6-5-15(23)10-18(19)24)9-17-20(28)25-22(30)26(21(17)29)11-16-4-3-7-31-16/h3-10H,11H2,1-2H3,(H,25,28,30)/b17-9+. The number of furan rings is 1. The number of amides is 4. The second-order valence-corrected chi connectivity index (χ2v) is 7.89. The molecule has 7 nitrogen and oxygen atoms in total. The minimum atomic E-state index is -0.790. The van der Waals surface area contributed by atoms with Gasteiger partial charge in [0, 0.05) is 16.4 Å². The van der Waals surface area contributed by atoms with Crippen molar-refractivity contribution in [2.75, 3.05) is 0 Å². The molecule has 31 heavy (non-hydrogen) atoms. The molecule has 0 atom stereocenters. The summed E-state index contributed by atoms with van der Waals surface area (Å²) in [5.74, 6) is -1.02. The van der Waals surface area contributed by atoms with E-state index in [0.717, 1.165) is 22.0 Å². The zero-order valence-electron chi connectivity index (χ0n) is 16.6. The van der Waals surface area contributed by atoms with E-state index < -0.39 is 17.8 Å². The predicted molar refractivity (Wildman–Crippen MR) is 116 cm³/mol. The van der Waals surface area contributed by atoms with E-state index in [4.69, 9.17) is 27.6 Å². The minimum absolute atomic E-state index is 0.0817. The summed E-state index contributed by atoms with van der Waals surface area (Å²) in [4.78, 5) is 38.5. The summed E-state index contributed by atoms with van der Waals surface area (Å²) in [6, 6.07) is 9.51. The van der Waals surface area contributed by atoms with Gasteiger partial charge in [0.05, 0.1) is 23.5 Å².